The molecule has 10 heteroatoms. The van der Waals surface area contributed by atoms with E-state index in [2.05, 4.69) is 20.0 Å². The van der Waals surface area contributed by atoms with Crippen LogP contribution in [-0.2, 0) is 16.6 Å². The Hall–Kier alpha value is -2.88. The highest BCUT2D eigenvalue weighted by atomic mass is 32.2. The third-order valence-corrected chi connectivity index (χ3v) is 5.20. The van der Waals surface area contributed by atoms with Crippen LogP contribution in [0.15, 0.2) is 41.8 Å². The van der Waals surface area contributed by atoms with Gasteiger partial charge in [-0.05, 0) is 45.0 Å². The predicted octanol–water partition coefficient (Wildman–Crippen LogP) is 1.99. The molecular formula is C16H20N6O3S. The van der Waals surface area contributed by atoms with Crippen molar-refractivity contribution in [1.82, 2.24) is 24.5 Å². The van der Waals surface area contributed by atoms with E-state index >= 15 is 0 Å². The van der Waals surface area contributed by atoms with Gasteiger partial charge in [0, 0.05) is 6.54 Å². The summed E-state index contributed by atoms with van der Waals surface area (Å²) in [5, 5.41) is 12.0. The van der Waals surface area contributed by atoms with Gasteiger partial charge in [-0.25, -0.2) is 8.42 Å². The highest BCUT2D eigenvalue weighted by molar-refractivity contribution is 7.92. The molecule has 0 unspecified atom stereocenters. The van der Waals surface area contributed by atoms with Crippen molar-refractivity contribution in [2.75, 3.05) is 11.3 Å². The molecule has 0 atom stereocenters. The summed E-state index contributed by atoms with van der Waals surface area (Å²) in [4.78, 5) is 0.138. The second-order valence-electron chi connectivity index (χ2n) is 5.48. The maximum Gasteiger partial charge on any atom is 0.262 e. The Bertz CT molecular complexity index is 978. The van der Waals surface area contributed by atoms with Gasteiger partial charge >= 0.3 is 0 Å². The number of nitrogens with one attached hydrogen (secondary N) is 1. The molecule has 9 nitrogen and oxygen atoms in total. The Morgan fingerprint density at radius 2 is 1.77 bits per heavy atom. The normalized spacial score (nSPS) is 11.5. The van der Waals surface area contributed by atoms with Gasteiger partial charge in [-0.1, -0.05) is 0 Å². The molecular weight excluding hydrogens is 356 g/mol. The van der Waals surface area contributed by atoms with Crippen LogP contribution in [0.2, 0.25) is 0 Å². The average molecular weight is 376 g/mol. The van der Waals surface area contributed by atoms with E-state index < -0.39 is 10.0 Å². The first kappa shape index (κ1) is 17.9. The molecule has 138 valence electrons. The summed E-state index contributed by atoms with van der Waals surface area (Å²) in [7, 11) is -3.79. The van der Waals surface area contributed by atoms with Gasteiger partial charge < -0.3 is 4.74 Å². The topological polar surface area (TPSA) is 104 Å². The molecule has 1 N–H and O–H groups in total. The lowest BCUT2D eigenvalue weighted by Crippen LogP contribution is -2.15. The van der Waals surface area contributed by atoms with Crippen LogP contribution >= 0.6 is 0 Å². The highest BCUT2D eigenvalue weighted by Crippen LogP contribution is 2.27. The number of aryl methyl sites for hydroxylation is 1. The van der Waals surface area contributed by atoms with E-state index in [1.165, 1.54) is 24.8 Å². The van der Waals surface area contributed by atoms with E-state index in [9.17, 15) is 8.42 Å². The fraction of sp³-hybridized carbons (Fsp3) is 0.312. The maximum atomic E-state index is 12.8. The Labute approximate surface area is 151 Å². The molecule has 3 rings (SSSR count). The van der Waals surface area contributed by atoms with Crippen molar-refractivity contribution in [1.29, 1.82) is 0 Å². The van der Waals surface area contributed by atoms with E-state index in [1.54, 1.807) is 28.3 Å². The predicted molar refractivity (Wildman–Crippen MR) is 96.0 cm³/mol. The lowest BCUT2D eigenvalue weighted by atomic mass is 10.3. The van der Waals surface area contributed by atoms with Gasteiger partial charge in [0.05, 0.1) is 17.2 Å². The minimum atomic E-state index is -3.79. The molecule has 1 aromatic carbocycles. The summed E-state index contributed by atoms with van der Waals surface area (Å²) < 4.78 is 36.9. The van der Waals surface area contributed by atoms with Crippen molar-refractivity contribution in [2.24, 2.45) is 0 Å². The number of ether oxygens (including phenoxy) is 1. The van der Waals surface area contributed by atoms with Crippen LogP contribution in [0, 0.1) is 6.92 Å². The molecule has 0 fully saturated rings. The molecule has 0 amide bonds. The van der Waals surface area contributed by atoms with Crippen LogP contribution in [0.5, 0.6) is 5.75 Å². The molecule has 3 aromatic rings. The quantitative estimate of drug-likeness (QED) is 0.676. The first-order valence-corrected chi connectivity index (χ1v) is 9.62. The van der Waals surface area contributed by atoms with E-state index in [0.29, 0.717) is 36.1 Å². The molecule has 0 spiro atoms. The van der Waals surface area contributed by atoms with Crippen molar-refractivity contribution in [3.8, 4) is 11.6 Å². The highest BCUT2D eigenvalue weighted by Gasteiger charge is 2.22. The van der Waals surface area contributed by atoms with Gasteiger partial charge in [0.15, 0.2) is 5.82 Å². The number of anilines is 1. The molecule has 2 aromatic heterocycles. The Kier molecular flexibility index (Phi) is 4.94. The van der Waals surface area contributed by atoms with Gasteiger partial charge in [0.25, 0.3) is 10.0 Å². The molecule has 26 heavy (non-hydrogen) atoms. The monoisotopic (exact) mass is 376 g/mol. The van der Waals surface area contributed by atoms with Crippen molar-refractivity contribution in [3.63, 3.8) is 0 Å². The van der Waals surface area contributed by atoms with Crippen molar-refractivity contribution >= 4 is 15.7 Å². The molecule has 0 saturated heterocycles. The number of hydrogen-bond acceptors (Lipinski definition) is 6. The summed E-state index contributed by atoms with van der Waals surface area (Å²) in [6.45, 7) is 6.72. The minimum Gasteiger partial charge on any atom is -0.494 e. The maximum absolute atomic E-state index is 12.8. The van der Waals surface area contributed by atoms with Crippen LogP contribution in [-0.4, -0.2) is 39.6 Å². The first-order valence-electron chi connectivity index (χ1n) is 8.14. The Balaban J connectivity index is 1.98. The second-order valence-corrected chi connectivity index (χ2v) is 7.16. The van der Waals surface area contributed by atoms with Gasteiger partial charge in [0.2, 0.25) is 0 Å². The van der Waals surface area contributed by atoms with Crippen LogP contribution < -0.4 is 9.46 Å². The van der Waals surface area contributed by atoms with Gasteiger partial charge in [-0.3, -0.25) is 14.0 Å². The van der Waals surface area contributed by atoms with Gasteiger partial charge in [0.1, 0.15) is 24.1 Å². The van der Waals surface area contributed by atoms with E-state index in [1.807, 2.05) is 13.8 Å². The zero-order valence-corrected chi connectivity index (χ0v) is 15.6. The molecule has 0 aliphatic carbocycles. The molecule has 0 aliphatic heterocycles. The largest absolute Gasteiger partial charge is 0.494 e. The van der Waals surface area contributed by atoms with Crippen LogP contribution in [0.4, 0.5) is 5.69 Å². The number of rotatable bonds is 7. The van der Waals surface area contributed by atoms with Crippen molar-refractivity contribution in [3.05, 3.63) is 42.6 Å². The first-order chi connectivity index (χ1) is 12.5. The van der Waals surface area contributed by atoms with E-state index in [0.717, 1.165) is 0 Å². The van der Waals surface area contributed by atoms with E-state index in [4.69, 9.17) is 4.74 Å². The number of hydrogen-bond donors (Lipinski definition) is 1. The molecule has 2 heterocycles. The van der Waals surface area contributed by atoms with Crippen LogP contribution in [0.25, 0.3) is 5.82 Å². The average Bonchev–Trinajstić information content (AvgIpc) is 3.25. The van der Waals surface area contributed by atoms with Gasteiger partial charge in [-0.15, -0.1) is 10.2 Å². The lowest BCUT2D eigenvalue weighted by molar-refractivity contribution is 0.340. The smallest absolute Gasteiger partial charge is 0.262 e. The molecule has 0 saturated carbocycles. The molecule has 0 bridgehead atoms. The summed E-state index contributed by atoms with van der Waals surface area (Å²) in [5.74, 6) is 1.04. The number of benzene rings is 1. The third kappa shape index (κ3) is 3.40. The lowest BCUT2D eigenvalue weighted by Gasteiger charge is -2.10. The van der Waals surface area contributed by atoms with Crippen LogP contribution in [0.3, 0.4) is 0 Å². The Morgan fingerprint density at radius 1 is 1.12 bits per heavy atom. The fourth-order valence-corrected chi connectivity index (χ4v) is 3.64. The molecule has 0 radical (unpaired) electrons. The van der Waals surface area contributed by atoms with Gasteiger partial charge in [-0.2, -0.15) is 5.10 Å². The van der Waals surface area contributed by atoms with Crippen molar-refractivity contribution in [2.45, 2.75) is 32.2 Å². The summed E-state index contributed by atoms with van der Waals surface area (Å²) >= 11 is 0. The Morgan fingerprint density at radius 3 is 2.35 bits per heavy atom. The number of nitrogens with zero attached hydrogens (tertiary/aromatic N) is 5. The summed E-state index contributed by atoms with van der Waals surface area (Å²) in [5.41, 5.74) is 1.09. The van der Waals surface area contributed by atoms with E-state index in [-0.39, 0.29) is 4.90 Å². The number of sulfonamides is 1. The van der Waals surface area contributed by atoms with Crippen LogP contribution in [0.1, 0.15) is 19.5 Å². The zero-order chi connectivity index (χ0) is 18.7. The summed E-state index contributed by atoms with van der Waals surface area (Å²) in [6, 6.07) is 6.26. The number of aromatic nitrogens is 5. The fourth-order valence-electron chi connectivity index (χ4n) is 2.52. The minimum absolute atomic E-state index is 0.138. The second kappa shape index (κ2) is 7.16. The standard InChI is InChI=1S/C16H20N6O3S/c1-4-22-12(3)15(16(19-22)21-10-17-18-11-21)20-26(23,24)14-8-6-13(7-9-14)25-5-2/h6-11,20H,4-5H2,1-3H3. The summed E-state index contributed by atoms with van der Waals surface area (Å²) in [6.07, 6.45) is 2.94. The van der Waals surface area contributed by atoms with Crippen molar-refractivity contribution < 1.29 is 13.2 Å². The SMILES string of the molecule is CCOc1ccc(S(=O)(=O)Nc2c(-n3cnnc3)nn(CC)c2C)cc1. The third-order valence-electron chi connectivity index (χ3n) is 3.83. The zero-order valence-electron chi connectivity index (χ0n) is 14.7. The molecule has 0 aliphatic rings.